The molecule has 1 aromatic carbocycles. The van der Waals surface area contributed by atoms with Crippen LogP contribution < -0.4 is 10.2 Å². The number of aromatic nitrogens is 2. The number of rotatable bonds is 4. The smallest absolute Gasteiger partial charge is 0.307 e. The number of hydrogen-bond donors (Lipinski definition) is 1. The first kappa shape index (κ1) is 19.6. The first-order chi connectivity index (χ1) is 14.0. The molecule has 29 heavy (non-hydrogen) atoms. The van der Waals surface area contributed by atoms with E-state index in [1.165, 1.54) is 12.3 Å². The van der Waals surface area contributed by atoms with Gasteiger partial charge in [0.1, 0.15) is 5.82 Å². The predicted octanol–water partition coefficient (Wildman–Crippen LogP) is 4.48. The molecule has 0 radical (unpaired) electrons. The van der Waals surface area contributed by atoms with Gasteiger partial charge in [-0.3, -0.25) is 4.79 Å². The van der Waals surface area contributed by atoms with Gasteiger partial charge in [-0.05, 0) is 56.2 Å². The number of anilines is 1. The lowest BCUT2D eigenvalue weighted by atomic mass is 9.96. The van der Waals surface area contributed by atoms with E-state index in [4.69, 9.17) is 18.2 Å². The van der Waals surface area contributed by atoms with Gasteiger partial charge in [0.15, 0.2) is 17.2 Å². The van der Waals surface area contributed by atoms with Crippen molar-refractivity contribution in [3.63, 3.8) is 0 Å². The summed E-state index contributed by atoms with van der Waals surface area (Å²) in [6.07, 6.45) is 5.32. The molecule has 0 spiro atoms. The Balaban J connectivity index is 1.48. The first-order valence-electron chi connectivity index (χ1n) is 9.75. The number of nitrogens with zero attached hydrogens (tertiary/aromatic N) is 4. The van der Waals surface area contributed by atoms with E-state index in [1.54, 1.807) is 6.07 Å². The van der Waals surface area contributed by atoms with Crippen LogP contribution >= 0.6 is 11.6 Å². The molecule has 1 N–H and O–H groups in total. The van der Waals surface area contributed by atoms with Crippen LogP contribution in [0.2, 0.25) is 5.15 Å². The Hall–Kier alpha value is -2.72. The molecular weight excluding hydrogens is 393 g/mol. The van der Waals surface area contributed by atoms with Crippen LogP contribution in [0.1, 0.15) is 54.4 Å². The maximum absolute atomic E-state index is 14.5. The minimum Gasteiger partial charge on any atom is -0.358 e. The average Bonchev–Trinajstić information content (AvgIpc) is 3.54. The van der Waals surface area contributed by atoms with Gasteiger partial charge in [0, 0.05) is 18.6 Å². The minimum atomic E-state index is -0.473. The molecule has 1 aliphatic heterocycles. The highest BCUT2D eigenvalue weighted by Crippen LogP contribution is 2.40. The first-order valence-corrected chi connectivity index (χ1v) is 10.1. The minimum absolute atomic E-state index is 0.0636. The van der Waals surface area contributed by atoms with Crippen molar-refractivity contribution in [2.45, 2.75) is 50.6 Å². The largest absolute Gasteiger partial charge is 0.358 e. The molecular formula is C21H21ClFN5O. The Morgan fingerprint density at radius 1 is 1.38 bits per heavy atom. The molecule has 2 aromatic rings. The second kappa shape index (κ2) is 7.96. The van der Waals surface area contributed by atoms with E-state index in [2.05, 4.69) is 20.1 Å². The van der Waals surface area contributed by atoms with Crippen LogP contribution in [0.25, 0.3) is 4.85 Å². The van der Waals surface area contributed by atoms with E-state index in [9.17, 15) is 9.18 Å². The third kappa shape index (κ3) is 4.03. The Morgan fingerprint density at radius 2 is 2.17 bits per heavy atom. The summed E-state index contributed by atoms with van der Waals surface area (Å²) >= 11 is 6.03. The van der Waals surface area contributed by atoms with Crippen LogP contribution in [0, 0.1) is 12.4 Å². The zero-order valence-corrected chi connectivity index (χ0v) is 16.8. The summed E-state index contributed by atoms with van der Waals surface area (Å²) in [6.45, 7) is 9.75. The monoisotopic (exact) mass is 413 g/mol. The molecule has 0 unspecified atom stereocenters. The summed E-state index contributed by atoms with van der Waals surface area (Å²) in [6, 6.07) is 4.67. The maximum atomic E-state index is 14.5. The van der Waals surface area contributed by atoms with E-state index >= 15 is 0 Å². The quantitative estimate of drug-likeness (QED) is 0.750. The molecule has 1 aliphatic carbocycles. The summed E-state index contributed by atoms with van der Waals surface area (Å²) in [5.41, 5.74) is 1.04. The standard InChI is InChI=1S/C21H21ClFN5O/c1-12-17(4-3-9-28(12)18-11-25-20(24-2)19(22)27-18)26-21(29)15-8-7-14(10-16(15)23)13-5-6-13/h7-8,10-13,17H,3-6,9H2,1H3,(H,26,29)/t12-,17-/m1/s1. The number of carbonyl (C=O) groups is 1. The molecule has 4 rings (SSSR count). The SMILES string of the molecule is [C-]#[N+]c1ncc(N2CCC[C@@H](NC(=O)c3ccc(C4CC4)cc3F)[C@H]2C)nc1Cl. The van der Waals surface area contributed by atoms with Crippen molar-refractivity contribution in [3.05, 3.63) is 57.9 Å². The van der Waals surface area contributed by atoms with Gasteiger partial charge in [-0.25, -0.2) is 9.37 Å². The van der Waals surface area contributed by atoms with Gasteiger partial charge in [0.05, 0.1) is 5.56 Å². The molecule has 2 atom stereocenters. The van der Waals surface area contributed by atoms with Crippen molar-refractivity contribution < 1.29 is 9.18 Å². The molecule has 8 heteroatoms. The fraction of sp³-hybridized carbons (Fsp3) is 0.429. The molecule has 2 fully saturated rings. The van der Waals surface area contributed by atoms with Crippen molar-refractivity contribution in [3.8, 4) is 0 Å². The van der Waals surface area contributed by atoms with Gasteiger partial charge in [-0.2, -0.15) is 0 Å². The van der Waals surface area contributed by atoms with Gasteiger partial charge in [0.2, 0.25) is 0 Å². The Morgan fingerprint density at radius 3 is 2.83 bits per heavy atom. The molecule has 2 heterocycles. The highest BCUT2D eigenvalue weighted by atomic mass is 35.5. The summed E-state index contributed by atoms with van der Waals surface area (Å²) in [5.74, 6) is 0.190. The van der Waals surface area contributed by atoms with Gasteiger partial charge in [0.25, 0.3) is 5.91 Å². The van der Waals surface area contributed by atoms with Crippen molar-refractivity contribution in [2.75, 3.05) is 11.4 Å². The van der Waals surface area contributed by atoms with Crippen molar-refractivity contribution in [1.82, 2.24) is 15.3 Å². The Bertz CT molecular complexity index is 988. The molecule has 1 aromatic heterocycles. The number of benzene rings is 1. The summed E-state index contributed by atoms with van der Waals surface area (Å²) in [4.78, 5) is 26.3. The number of amides is 1. The molecule has 1 amide bonds. The molecule has 1 saturated heterocycles. The molecule has 0 bridgehead atoms. The fourth-order valence-electron chi connectivity index (χ4n) is 3.86. The van der Waals surface area contributed by atoms with Crippen LogP contribution in [-0.2, 0) is 0 Å². The molecule has 150 valence electrons. The third-order valence-corrected chi connectivity index (χ3v) is 5.94. The van der Waals surface area contributed by atoms with Gasteiger partial charge in [-0.15, -0.1) is 4.98 Å². The lowest BCUT2D eigenvalue weighted by Gasteiger charge is -2.40. The van der Waals surface area contributed by atoms with Crippen LogP contribution in [0.4, 0.5) is 16.0 Å². The summed E-state index contributed by atoms with van der Waals surface area (Å²) in [5, 5.41) is 3.04. The van der Waals surface area contributed by atoms with Crippen LogP contribution in [0.15, 0.2) is 24.4 Å². The zero-order chi connectivity index (χ0) is 20.5. The normalized spacial score (nSPS) is 21.5. The van der Waals surface area contributed by atoms with E-state index in [0.29, 0.717) is 11.7 Å². The lowest BCUT2D eigenvalue weighted by Crippen LogP contribution is -2.54. The second-order valence-corrected chi connectivity index (χ2v) is 7.98. The number of piperidine rings is 1. The number of hydrogen-bond acceptors (Lipinski definition) is 4. The number of halogens is 2. The summed E-state index contributed by atoms with van der Waals surface area (Å²) in [7, 11) is 0. The van der Waals surface area contributed by atoms with E-state index in [1.807, 2.05) is 17.9 Å². The van der Waals surface area contributed by atoms with E-state index < -0.39 is 11.7 Å². The second-order valence-electron chi connectivity index (χ2n) is 7.62. The highest BCUT2D eigenvalue weighted by molar-refractivity contribution is 6.31. The number of carbonyl (C=O) groups excluding carboxylic acids is 1. The van der Waals surface area contributed by atoms with Crippen molar-refractivity contribution >= 4 is 29.1 Å². The fourth-order valence-corrected chi connectivity index (χ4v) is 4.03. The molecule has 2 aliphatic rings. The molecule has 1 saturated carbocycles. The van der Waals surface area contributed by atoms with E-state index in [-0.39, 0.29) is 28.6 Å². The Labute approximate surface area is 173 Å². The van der Waals surface area contributed by atoms with Gasteiger partial charge < -0.3 is 15.1 Å². The topological polar surface area (TPSA) is 62.5 Å². The van der Waals surface area contributed by atoms with Crippen molar-refractivity contribution in [2.24, 2.45) is 0 Å². The van der Waals surface area contributed by atoms with Gasteiger partial charge >= 0.3 is 5.82 Å². The van der Waals surface area contributed by atoms with Gasteiger partial charge in [-0.1, -0.05) is 24.2 Å². The Kier molecular flexibility index (Phi) is 5.37. The summed E-state index contributed by atoms with van der Waals surface area (Å²) < 4.78 is 14.5. The van der Waals surface area contributed by atoms with Crippen LogP contribution in [-0.4, -0.2) is 34.5 Å². The lowest BCUT2D eigenvalue weighted by molar-refractivity contribution is 0.0920. The zero-order valence-electron chi connectivity index (χ0n) is 16.0. The highest BCUT2D eigenvalue weighted by Gasteiger charge is 2.32. The van der Waals surface area contributed by atoms with Crippen molar-refractivity contribution in [1.29, 1.82) is 0 Å². The average molecular weight is 414 g/mol. The third-order valence-electron chi connectivity index (χ3n) is 5.69. The van der Waals surface area contributed by atoms with E-state index in [0.717, 1.165) is 37.8 Å². The maximum Gasteiger partial charge on any atom is 0.307 e. The predicted molar refractivity (Wildman–Crippen MR) is 109 cm³/mol. The van der Waals surface area contributed by atoms with Crippen LogP contribution in [0.3, 0.4) is 0 Å². The number of nitrogens with one attached hydrogen (secondary N) is 1. The molecule has 6 nitrogen and oxygen atoms in total. The van der Waals surface area contributed by atoms with Crippen LogP contribution in [0.5, 0.6) is 0 Å².